The van der Waals surface area contributed by atoms with Crippen LogP contribution in [0.2, 0.25) is 0 Å². The van der Waals surface area contributed by atoms with Crippen molar-refractivity contribution in [3.63, 3.8) is 0 Å². The van der Waals surface area contributed by atoms with Crippen LogP contribution in [-0.2, 0) is 6.42 Å². The van der Waals surface area contributed by atoms with Gasteiger partial charge < -0.3 is 0 Å². The molecule has 1 aliphatic rings. The van der Waals surface area contributed by atoms with Crippen LogP contribution in [0.25, 0.3) is 11.6 Å². The molecule has 0 unspecified atom stereocenters. The summed E-state index contributed by atoms with van der Waals surface area (Å²) >= 11 is 0. The average Bonchev–Trinajstić information content (AvgIpc) is 2.90. The molecule has 104 valence electrons. The fourth-order valence-corrected chi connectivity index (χ4v) is 2.79. The molecule has 0 saturated carbocycles. The first-order valence-corrected chi connectivity index (χ1v) is 7.01. The summed E-state index contributed by atoms with van der Waals surface area (Å²) in [6, 6.07) is 13.6. The van der Waals surface area contributed by atoms with E-state index in [-0.39, 0.29) is 11.6 Å². The number of carbonyl (C=O) groups is 2. The molecule has 2 nitrogen and oxygen atoms in total. The largest absolute Gasteiger partial charge is 0.295 e. The van der Waals surface area contributed by atoms with Crippen molar-refractivity contribution in [3.05, 3.63) is 70.3 Å². The first kappa shape index (κ1) is 13.5. The zero-order valence-electron chi connectivity index (χ0n) is 12.1. The number of Topliss-reactive ketones (excluding diaryl/α,β-unsaturated/α-hetero) is 2. The third-order valence-corrected chi connectivity index (χ3v) is 3.92. The van der Waals surface area contributed by atoms with E-state index >= 15 is 0 Å². The predicted octanol–water partition coefficient (Wildman–Crippen LogP) is 4.19. The van der Waals surface area contributed by atoms with Crippen LogP contribution in [0.5, 0.6) is 0 Å². The van der Waals surface area contributed by atoms with Gasteiger partial charge in [0.1, 0.15) is 0 Å². The van der Waals surface area contributed by atoms with Gasteiger partial charge in [-0.2, -0.15) is 0 Å². The van der Waals surface area contributed by atoms with Crippen molar-refractivity contribution in [2.75, 3.05) is 0 Å². The Bertz CT molecular complexity index is 782. The number of benzene rings is 2. The molecule has 2 heteroatoms. The molecule has 0 aliphatic heterocycles. The van der Waals surface area contributed by atoms with Gasteiger partial charge >= 0.3 is 0 Å². The van der Waals surface area contributed by atoms with Crippen LogP contribution in [0, 0.1) is 0 Å². The molecule has 21 heavy (non-hydrogen) atoms. The number of hydrogen-bond acceptors (Lipinski definition) is 2. The molecule has 0 spiro atoms. The lowest BCUT2D eigenvalue weighted by Gasteiger charge is -2.10. The summed E-state index contributed by atoms with van der Waals surface area (Å²) in [5.74, 6) is -0.0299. The van der Waals surface area contributed by atoms with Gasteiger partial charge in [-0.15, -0.1) is 0 Å². The third kappa shape index (κ3) is 2.45. The molecule has 0 saturated heterocycles. The molecule has 0 amide bonds. The van der Waals surface area contributed by atoms with E-state index in [2.05, 4.69) is 18.2 Å². The topological polar surface area (TPSA) is 34.1 Å². The Labute approximate surface area is 124 Å². The van der Waals surface area contributed by atoms with Gasteiger partial charge in [0.2, 0.25) is 0 Å². The van der Waals surface area contributed by atoms with Gasteiger partial charge in [0.05, 0.1) is 0 Å². The molecule has 0 bridgehead atoms. The van der Waals surface area contributed by atoms with E-state index < -0.39 is 0 Å². The first-order chi connectivity index (χ1) is 10.1. The Morgan fingerprint density at radius 2 is 1.71 bits per heavy atom. The molecule has 0 radical (unpaired) electrons. The van der Waals surface area contributed by atoms with Crippen molar-refractivity contribution in [1.82, 2.24) is 0 Å². The van der Waals surface area contributed by atoms with Crippen LogP contribution in [0.3, 0.4) is 0 Å². The quantitative estimate of drug-likeness (QED) is 0.788. The van der Waals surface area contributed by atoms with E-state index in [0.29, 0.717) is 11.1 Å². The summed E-state index contributed by atoms with van der Waals surface area (Å²) in [6.45, 7) is 3.06. The van der Waals surface area contributed by atoms with E-state index in [0.717, 1.165) is 17.6 Å². The molecule has 0 fully saturated rings. The molecule has 0 heterocycles. The van der Waals surface area contributed by atoms with E-state index in [1.165, 1.54) is 18.1 Å². The highest BCUT2D eigenvalue weighted by Crippen LogP contribution is 2.33. The van der Waals surface area contributed by atoms with Gasteiger partial charge in [-0.3, -0.25) is 9.59 Å². The van der Waals surface area contributed by atoms with Gasteiger partial charge in [0, 0.05) is 11.1 Å². The Hall–Kier alpha value is -2.48. The summed E-state index contributed by atoms with van der Waals surface area (Å²) in [7, 11) is 0. The van der Waals surface area contributed by atoms with Crippen LogP contribution < -0.4 is 0 Å². The fourth-order valence-electron chi connectivity index (χ4n) is 2.79. The van der Waals surface area contributed by atoms with Gasteiger partial charge in [-0.1, -0.05) is 42.5 Å². The molecule has 1 aliphatic carbocycles. The minimum absolute atomic E-state index is 0.00930. The minimum Gasteiger partial charge on any atom is -0.295 e. The summed E-state index contributed by atoms with van der Waals surface area (Å²) in [4.78, 5) is 23.4. The van der Waals surface area contributed by atoms with Gasteiger partial charge in [-0.25, -0.2) is 0 Å². The highest BCUT2D eigenvalue weighted by atomic mass is 16.1. The Morgan fingerprint density at radius 3 is 2.38 bits per heavy atom. The summed E-state index contributed by atoms with van der Waals surface area (Å²) in [6.07, 6.45) is 2.96. The van der Waals surface area contributed by atoms with E-state index in [1.54, 1.807) is 19.1 Å². The molecule has 2 aromatic rings. The number of allylic oxidation sites excluding steroid dienone is 1. The Kier molecular flexibility index (Phi) is 3.30. The van der Waals surface area contributed by atoms with Crippen molar-refractivity contribution in [2.24, 2.45) is 0 Å². The summed E-state index contributed by atoms with van der Waals surface area (Å²) in [5.41, 5.74) is 5.76. The SMILES string of the molecule is CC(=O)c1ccc(C2=Cc3ccccc3C2)c(C(C)=O)c1. The average molecular weight is 276 g/mol. The maximum Gasteiger partial charge on any atom is 0.160 e. The molecule has 0 N–H and O–H groups in total. The zero-order chi connectivity index (χ0) is 15.0. The van der Waals surface area contributed by atoms with E-state index in [4.69, 9.17) is 0 Å². The summed E-state index contributed by atoms with van der Waals surface area (Å²) in [5, 5.41) is 0. The van der Waals surface area contributed by atoms with Crippen molar-refractivity contribution < 1.29 is 9.59 Å². The van der Waals surface area contributed by atoms with E-state index in [9.17, 15) is 9.59 Å². The van der Waals surface area contributed by atoms with E-state index in [1.807, 2.05) is 18.2 Å². The summed E-state index contributed by atoms with van der Waals surface area (Å²) < 4.78 is 0. The van der Waals surface area contributed by atoms with Crippen molar-refractivity contribution >= 4 is 23.2 Å². The Balaban J connectivity index is 2.08. The van der Waals surface area contributed by atoms with Crippen LogP contribution in [0.15, 0.2) is 42.5 Å². The highest BCUT2D eigenvalue weighted by Gasteiger charge is 2.18. The maximum absolute atomic E-state index is 11.9. The molecule has 2 aromatic carbocycles. The standard InChI is InChI=1S/C19H16O2/c1-12(20)14-7-8-18(19(11-14)13(2)21)17-9-15-5-3-4-6-16(15)10-17/h3-9,11H,10H2,1-2H3. The smallest absolute Gasteiger partial charge is 0.160 e. The first-order valence-electron chi connectivity index (χ1n) is 7.01. The number of ketones is 2. The van der Waals surface area contributed by atoms with Crippen LogP contribution in [0.4, 0.5) is 0 Å². The number of fused-ring (bicyclic) bond motifs is 1. The van der Waals surface area contributed by atoms with Gasteiger partial charge in [0.25, 0.3) is 0 Å². The minimum atomic E-state index is -0.0206. The normalized spacial score (nSPS) is 12.8. The molecule has 0 aromatic heterocycles. The maximum atomic E-state index is 11.9. The lowest BCUT2D eigenvalue weighted by atomic mass is 9.93. The second-order valence-electron chi connectivity index (χ2n) is 5.42. The highest BCUT2D eigenvalue weighted by molar-refractivity contribution is 6.05. The molecule has 3 rings (SSSR count). The molecular weight excluding hydrogens is 260 g/mol. The Morgan fingerprint density at radius 1 is 0.952 bits per heavy atom. The lowest BCUT2D eigenvalue weighted by Crippen LogP contribution is -2.03. The monoisotopic (exact) mass is 276 g/mol. The van der Waals surface area contributed by atoms with Crippen LogP contribution >= 0.6 is 0 Å². The lowest BCUT2D eigenvalue weighted by molar-refractivity contribution is 0.101. The fraction of sp³-hybridized carbons (Fsp3) is 0.158. The van der Waals surface area contributed by atoms with Crippen LogP contribution in [-0.4, -0.2) is 11.6 Å². The molecular formula is C19H16O2. The van der Waals surface area contributed by atoms with Crippen molar-refractivity contribution in [3.8, 4) is 0 Å². The van der Waals surface area contributed by atoms with Crippen molar-refractivity contribution in [1.29, 1.82) is 0 Å². The second-order valence-corrected chi connectivity index (χ2v) is 5.42. The van der Waals surface area contributed by atoms with Crippen LogP contribution in [0.1, 0.15) is 51.3 Å². The zero-order valence-corrected chi connectivity index (χ0v) is 12.1. The van der Waals surface area contributed by atoms with Gasteiger partial charge in [-0.05, 0) is 48.6 Å². The third-order valence-electron chi connectivity index (χ3n) is 3.92. The van der Waals surface area contributed by atoms with Crippen molar-refractivity contribution in [2.45, 2.75) is 20.3 Å². The molecule has 0 atom stereocenters. The number of hydrogen-bond donors (Lipinski definition) is 0. The second kappa shape index (κ2) is 5.13. The van der Waals surface area contributed by atoms with Gasteiger partial charge in [0.15, 0.2) is 11.6 Å². The predicted molar refractivity (Wildman–Crippen MR) is 84.5 cm³/mol. The number of carbonyl (C=O) groups excluding carboxylic acids is 2. The number of rotatable bonds is 3.